The van der Waals surface area contributed by atoms with Gasteiger partial charge in [-0.3, -0.25) is 4.79 Å². The molecular weight excluding hydrogens is 266 g/mol. The van der Waals surface area contributed by atoms with E-state index >= 15 is 0 Å². The number of carbonyl (C=O) groups is 2. The fourth-order valence-corrected chi connectivity index (χ4v) is 1.63. The second-order valence-electron chi connectivity index (χ2n) is 4.08. The minimum atomic E-state index is -1.12. The monoisotopic (exact) mass is 279 g/mol. The molecule has 1 atom stereocenters. The highest BCUT2D eigenvalue weighted by Gasteiger charge is 2.21. The number of hydrogen-bond acceptors (Lipinski definition) is 7. The third-order valence-electron chi connectivity index (χ3n) is 2.75. The molecule has 0 saturated carbocycles. The molecule has 0 saturated heterocycles. The molecule has 2 aromatic heterocycles. The van der Waals surface area contributed by atoms with Gasteiger partial charge >= 0.3 is 5.97 Å². The molecule has 8 heteroatoms. The molecule has 0 fully saturated rings. The van der Waals surface area contributed by atoms with Crippen LogP contribution in [0.2, 0.25) is 0 Å². The van der Waals surface area contributed by atoms with E-state index < -0.39 is 24.5 Å². The van der Waals surface area contributed by atoms with Crippen molar-refractivity contribution in [3.8, 4) is 0 Å². The quantitative estimate of drug-likeness (QED) is 0.744. The normalized spacial score (nSPS) is 12.2. The van der Waals surface area contributed by atoms with Crippen molar-refractivity contribution in [3.05, 3.63) is 23.5 Å². The summed E-state index contributed by atoms with van der Waals surface area (Å²) in [6.07, 6.45) is 1.30. The molecule has 2 N–H and O–H groups in total. The first-order valence-electron chi connectivity index (χ1n) is 5.78. The Morgan fingerprint density at radius 1 is 1.55 bits per heavy atom. The van der Waals surface area contributed by atoms with Crippen LogP contribution >= 0.6 is 0 Å². The number of nitrogens with zero attached hydrogens (tertiary/aromatic N) is 2. The molecule has 0 aliphatic rings. The van der Waals surface area contributed by atoms with E-state index in [1.54, 1.807) is 13.0 Å². The van der Waals surface area contributed by atoms with Gasteiger partial charge in [-0.25, -0.2) is 9.78 Å². The van der Waals surface area contributed by atoms with E-state index in [1.165, 1.54) is 13.3 Å². The first kappa shape index (κ1) is 13.9. The second-order valence-corrected chi connectivity index (χ2v) is 4.08. The van der Waals surface area contributed by atoms with Gasteiger partial charge in [0.05, 0.1) is 30.4 Å². The number of pyridine rings is 1. The lowest BCUT2D eigenvalue weighted by Gasteiger charge is -2.13. The van der Waals surface area contributed by atoms with Crippen molar-refractivity contribution in [1.82, 2.24) is 15.5 Å². The summed E-state index contributed by atoms with van der Waals surface area (Å²) >= 11 is 0. The van der Waals surface area contributed by atoms with E-state index in [-0.39, 0.29) is 5.56 Å². The third kappa shape index (κ3) is 2.59. The molecule has 8 nitrogen and oxygen atoms in total. The van der Waals surface area contributed by atoms with E-state index in [2.05, 4.69) is 20.2 Å². The highest BCUT2D eigenvalue weighted by molar-refractivity contribution is 5.98. The van der Waals surface area contributed by atoms with Crippen molar-refractivity contribution in [2.75, 3.05) is 13.7 Å². The lowest BCUT2D eigenvalue weighted by molar-refractivity contribution is -0.143. The van der Waals surface area contributed by atoms with Gasteiger partial charge in [-0.05, 0) is 13.0 Å². The number of aliphatic hydroxyl groups is 1. The number of aliphatic hydroxyl groups excluding tert-OH is 1. The zero-order chi connectivity index (χ0) is 14.7. The Labute approximate surface area is 113 Å². The van der Waals surface area contributed by atoms with E-state index in [9.17, 15) is 9.59 Å². The van der Waals surface area contributed by atoms with Crippen molar-refractivity contribution in [3.63, 3.8) is 0 Å². The minimum Gasteiger partial charge on any atom is -0.467 e. The molecule has 0 aromatic carbocycles. The number of rotatable bonds is 4. The minimum absolute atomic E-state index is 0.228. The van der Waals surface area contributed by atoms with E-state index in [0.29, 0.717) is 16.8 Å². The average molecular weight is 279 g/mol. The largest absolute Gasteiger partial charge is 0.467 e. The van der Waals surface area contributed by atoms with Gasteiger partial charge in [0.25, 0.3) is 11.6 Å². The predicted molar refractivity (Wildman–Crippen MR) is 66.9 cm³/mol. The number of nitrogens with one attached hydrogen (secondary N) is 1. The molecule has 1 unspecified atom stereocenters. The first-order chi connectivity index (χ1) is 9.56. The molecule has 2 aromatic rings. The number of ether oxygens (including phenoxy) is 1. The average Bonchev–Trinajstić information content (AvgIpc) is 2.84. The number of methoxy groups -OCH3 is 1. The summed E-state index contributed by atoms with van der Waals surface area (Å²) < 4.78 is 9.40. The van der Waals surface area contributed by atoms with Crippen LogP contribution in [0.4, 0.5) is 0 Å². The molecule has 2 heterocycles. The maximum absolute atomic E-state index is 12.0. The Balaban J connectivity index is 2.22. The van der Waals surface area contributed by atoms with Gasteiger partial charge in [-0.15, -0.1) is 0 Å². The molecule has 0 aliphatic heterocycles. The van der Waals surface area contributed by atoms with Crippen LogP contribution in [0.25, 0.3) is 11.1 Å². The fraction of sp³-hybridized carbons (Fsp3) is 0.333. The summed E-state index contributed by atoms with van der Waals surface area (Å²) in [5, 5.41) is 15.7. The van der Waals surface area contributed by atoms with Crippen molar-refractivity contribution >= 4 is 23.0 Å². The lowest BCUT2D eigenvalue weighted by atomic mass is 10.2. The van der Waals surface area contributed by atoms with Gasteiger partial charge < -0.3 is 19.7 Å². The molecule has 0 radical (unpaired) electrons. The van der Waals surface area contributed by atoms with E-state index in [0.717, 1.165) is 0 Å². The van der Waals surface area contributed by atoms with Crippen LogP contribution < -0.4 is 5.32 Å². The SMILES string of the molecule is COC(=O)C(CO)NC(=O)c1cnc2onc(C)c2c1. The Bertz CT molecular complexity index is 652. The van der Waals surface area contributed by atoms with Crippen LogP contribution in [0, 0.1) is 6.92 Å². The van der Waals surface area contributed by atoms with Crippen LogP contribution in [-0.2, 0) is 9.53 Å². The van der Waals surface area contributed by atoms with Crippen molar-refractivity contribution in [1.29, 1.82) is 0 Å². The Kier molecular flexibility index (Phi) is 3.94. The Morgan fingerprint density at radius 3 is 2.95 bits per heavy atom. The summed E-state index contributed by atoms with van der Waals surface area (Å²) in [4.78, 5) is 27.2. The highest BCUT2D eigenvalue weighted by atomic mass is 16.5. The predicted octanol–water partition coefficient (Wildman–Crippen LogP) is -0.205. The molecule has 0 spiro atoms. The molecule has 0 aliphatic carbocycles. The molecule has 1 amide bonds. The topological polar surface area (TPSA) is 115 Å². The summed E-state index contributed by atoms with van der Waals surface area (Å²) in [5.41, 5.74) is 1.16. The van der Waals surface area contributed by atoms with Gasteiger partial charge in [-0.1, -0.05) is 5.16 Å². The first-order valence-corrected chi connectivity index (χ1v) is 5.78. The van der Waals surface area contributed by atoms with Crippen molar-refractivity contribution < 1.29 is 24.0 Å². The number of amides is 1. The van der Waals surface area contributed by atoms with Crippen LogP contribution in [0.3, 0.4) is 0 Å². The Hall–Kier alpha value is -2.48. The summed E-state index contributed by atoms with van der Waals surface area (Å²) in [7, 11) is 1.17. The number of fused-ring (bicyclic) bond motifs is 1. The zero-order valence-electron chi connectivity index (χ0n) is 10.9. The van der Waals surface area contributed by atoms with Crippen LogP contribution in [0.1, 0.15) is 16.1 Å². The summed E-state index contributed by atoms with van der Waals surface area (Å²) in [5.74, 6) is -1.28. The molecule has 0 bridgehead atoms. The fourth-order valence-electron chi connectivity index (χ4n) is 1.63. The van der Waals surface area contributed by atoms with E-state index in [1.807, 2.05) is 0 Å². The zero-order valence-corrected chi connectivity index (χ0v) is 10.9. The molecular formula is C12H13N3O5. The standard InChI is InChI=1S/C12H13N3O5/c1-6-8-3-7(4-13-11(8)20-15-6)10(17)14-9(5-16)12(18)19-2/h3-4,9,16H,5H2,1-2H3,(H,14,17). The second kappa shape index (κ2) is 5.66. The van der Waals surface area contributed by atoms with Gasteiger partial charge in [0.15, 0.2) is 6.04 Å². The molecule has 2 rings (SSSR count). The number of aromatic nitrogens is 2. The highest BCUT2D eigenvalue weighted by Crippen LogP contribution is 2.16. The van der Waals surface area contributed by atoms with Crippen LogP contribution in [0.5, 0.6) is 0 Å². The van der Waals surface area contributed by atoms with Gasteiger partial charge in [0, 0.05) is 6.20 Å². The molecule has 20 heavy (non-hydrogen) atoms. The maximum atomic E-state index is 12.0. The number of hydrogen-bond donors (Lipinski definition) is 2. The number of esters is 1. The molecule has 106 valence electrons. The van der Waals surface area contributed by atoms with Crippen LogP contribution in [-0.4, -0.2) is 46.9 Å². The van der Waals surface area contributed by atoms with Crippen molar-refractivity contribution in [2.24, 2.45) is 0 Å². The van der Waals surface area contributed by atoms with Gasteiger partial charge in [0.1, 0.15) is 0 Å². The lowest BCUT2D eigenvalue weighted by Crippen LogP contribution is -2.44. The van der Waals surface area contributed by atoms with Gasteiger partial charge in [0.2, 0.25) is 0 Å². The summed E-state index contributed by atoms with van der Waals surface area (Å²) in [6.45, 7) is 1.17. The van der Waals surface area contributed by atoms with Crippen LogP contribution in [0.15, 0.2) is 16.8 Å². The van der Waals surface area contributed by atoms with E-state index in [4.69, 9.17) is 9.63 Å². The smallest absolute Gasteiger partial charge is 0.330 e. The van der Waals surface area contributed by atoms with Gasteiger partial charge in [-0.2, -0.15) is 0 Å². The number of aryl methyl sites for hydroxylation is 1. The Morgan fingerprint density at radius 2 is 2.30 bits per heavy atom. The summed E-state index contributed by atoms with van der Waals surface area (Å²) in [6, 6.07) is 0.432. The maximum Gasteiger partial charge on any atom is 0.330 e. The number of carbonyl (C=O) groups excluding carboxylic acids is 2. The van der Waals surface area contributed by atoms with Crippen molar-refractivity contribution in [2.45, 2.75) is 13.0 Å². The third-order valence-corrected chi connectivity index (χ3v) is 2.75.